The Kier molecular flexibility index (Phi) is 3.98. The van der Waals surface area contributed by atoms with Crippen molar-refractivity contribution in [3.8, 4) is 0 Å². The van der Waals surface area contributed by atoms with Gasteiger partial charge in [0.1, 0.15) is 5.82 Å². The number of carbonyl (C=O) groups is 1. The third-order valence-electron chi connectivity index (χ3n) is 4.09. The van der Waals surface area contributed by atoms with Crippen LogP contribution >= 0.6 is 0 Å². The lowest BCUT2D eigenvalue weighted by atomic mass is 9.90. The summed E-state index contributed by atoms with van der Waals surface area (Å²) in [5.41, 5.74) is 0.733. The van der Waals surface area contributed by atoms with E-state index in [2.05, 4.69) is 10.4 Å². The van der Waals surface area contributed by atoms with Crippen molar-refractivity contribution in [2.75, 3.05) is 18.4 Å². The number of urea groups is 1. The van der Waals surface area contributed by atoms with Gasteiger partial charge in [-0.2, -0.15) is 18.3 Å². The highest BCUT2D eigenvalue weighted by Crippen LogP contribution is 2.33. The maximum absolute atomic E-state index is 12.8. The molecular weight excluding hydrogens is 321 g/mol. The van der Waals surface area contributed by atoms with Gasteiger partial charge in [-0.3, -0.25) is 10.00 Å². The minimum absolute atomic E-state index is 0.0775. The molecule has 1 aliphatic heterocycles. The topological polar surface area (TPSA) is 50.2 Å². The number of hydrogen-bond donors (Lipinski definition) is 1. The average Bonchev–Trinajstić information content (AvgIpc) is 2.74. The molecule has 0 saturated carbocycles. The minimum Gasteiger partial charge on any atom is -0.323 e. The van der Waals surface area contributed by atoms with Crippen LogP contribution in [-0.2, 0) is 13.2 Å². The number of aromatic nitrogens is 2. The van der Waals surface area contributed by atoms with E-state index in [1.165, 1.54) is 6.07 Å². The summed E-state index contributed by atoms with van der Waals surface area (Å²) in [6, 6.07) is 6.75. The molecule has 128 valence electrons. The number of nitrogens with one attached hydrogen (secondary N) is 1. The predicted octanol–water partition coefficient (Wildman–Crippen LogP) is 3.38. The largest absolute Gasteiger partial charge is 0.416 e. The molecule has 2 aromatic rings. The summed E-state index contributed by atoms with van der Waals surface area (Å²) in [7, 11) is 1.73. The Labute approximate surface area is 137 Å². The van der Waals surface area contributed by atoms with Crippen LogP contribution in [0.15, 0.2) is 30.3 Å². The highest BCUT2D eigenvalue weighted by Gasteiger charge is 2.35. The molecule has 3 rings (SSSR count). The molecule has 8 heteroatoms. The number of carbonyl (C=O) groups excluding carboxylic acids is 1. The van der Waals surface area contributed by atoms with Crippen LogP contribution in [0.3, 0.4) is 0 Å². The van der Waals surface area contributed by atoms with Crippen LogP contribution in [0.25, 0.3) is 0 Å². The number of anilines is 1. The number of amides is 2. The predicted molar refractivity (Wildman–Crippen MR) is 82.7 cm³/mol. The Morgan fingerprint density at radius 1 is 1.29 bits per heavy atom. The second-order valence-corrected chi connectivity index (χ2v) is 5.95. The molecule has 2 heterocycles. The lowest BCUT2D eigenvalue weighted by Crippen LogP contribution is -2.50. The number of alkyl halides is 3. The molecule has 5 nitrogen and oxygen atoms in total. The van der Waals surface area contributed by atoms with E-state index in [4.69, 9.17) is 0 Å². The molecule has 1 fully saturated rings. The third-order valence-corrected chi connectivity index (χ3v) is 4.09. The molecule has 1 aromatic heterocycles. The van der Waals surface area contributed by atoms with E-state index in [0.29, 0.717) is 24.5 Å². The van der Waals surface area contributed by atoms with Gasteiger partial charge in [0.2, 0.25) is 0 Å². The van der Waals surface area contributed by atoms with Crippen molar-refractivity contribution < 1.29 is 18.0 Å². The van der Waals surface area contributed by atoms with Gasteiger partial charge in [0.25, 0.3) is 0 Å². The van der Waals surface area contributed by atoms with E-state index in [0.717, 1.165) is 17.8 Å². The highest BCUT2D eigenvalue weighted by atomic mass is 19.4. The highest BCUT2D eigenvalue weighted by molar-refractivity contribution is 5.89. The number of hydrogen-bond acceptors (Lipinski definition) is 2. The molecule has 1 N–H and O–H groups in total. The van der Waals surface area contributed by atoms with Gasteiger partial charge in [-0.05, 0) is 18.6 Å². The number of aryl methyl sites for hydroxylation is 2. The molecule has 0 bridgehead atoms. The molecule has 24 heavy (non-hydrogen) atoms. The van der Waals surface area contributed by atoms with E-state index >= 15 is 0 Å². The number of halogens is 3. The first-order chi connectivity index (χ1) is 11.2. The summed E-state index contributed by atoms with van der Waals surface area (Å²) < 4.78 is 39.8. The summed E-state index contributed by atoms with van der Waals surface area (Å²) in [4.78, 5) is 13.7. The van der Waals surface area contributed by atoms with Crippen LogP contribution in [0.2, 0.25) is 0 Å². The lowest BCUT2D eigenvalue weighted by Gasteiger charge is -2.39. The summed E-state index contributed by atoms with van der Waals surface area (Å²) in [5.74, 6) is 0.506. The molecule has 0 radical (unpaired) electrons. The van der Waals surface area contributed by atoms with E-state index in [1.54, 1.807) is 28.8 Å². The summed E-state index contributed by atoms with van der Waals surface area (Å²) in [6.07, 6.45) is -4.35. The van der Waals surface area contributed by atoms with Gasteiger partial charge in [-0.1, -0.05) is 18.2 Å². The van der Waals surface area contributed by atoms with E-state index in [9.17, 15) is 18.0 Å². The SMILES string of the molecule is Cc1cc(NC(=O)N2CC(c3cccc(C(F)(F)F)c3)C2)n(C)n1. The van der Waals surface area contributed by atoms with Gasteiger partial charge >= 0.3 is 12.2 Å². The van der Waals surface area contributed by atoms with Crippen LogP contribution in [0.5, 0.6) is 0 Å². The van der Waals surface area contributed by atoms with Crippen LogP contribution in [0.1, 0.15) is 22.7 Å². The fraction of sp³-hybridized carbons (Fsp3) is 0.375. The van der Waals surface area contributed by atoms with Gasteiger partial charge < -0.3 is 4.90 Å². The smallest absolute Gasteiger partial charge is 0.323 e. The second-order valence-electron chi connectivity index (χ2n) is 5.95. The van der Waals surface area contributed by atoms with Crippen molar-refractivity contribution in [3.05, 3.63) is 47.2 Å². The second kappa shape index (κ2) is 5.85. The Hall–Kier alpha value is -2.51. The standard InChI is InChI=1S/C16H17F3N4O/c1-10-6-14(22(2)21-10)20-15(24)23-8-12(9-23)11-4-3-5-13(7-11)16(17,18)19/h3-7,12H,8-9H2,1-2H3,(H,20,24). The maximum Gasteiger partial charge on any atom is 0.416 e. The fourth-order valence-electron chi connectivity index (χ4n) is 2.74. The lowest BCUT2D eigenvalue weighted by molar-refractivity contribution is -0.137. The average molecular weight is 338 g/mol. The summed E-state index contributed by atoms with van der Waals surface area (Å²) >= 11 is 0. The zero-order valence-electron chi connectivity index (χ0n) is 13.3. The monoisotopic (exact) mass is 338 g/mol. The number of nitrogens with zero attached hydrogens (tertiary/aromatic N) is 3. The van der Waals surface area contributed by atoms with E-state index in [-0.39, 0.29) is 11.9 Å². The quantitative estimate of drug-likeness (QED) is 0.913. The molecule has 0 spiro atoms. The van der Waals surface area contributed by atoms with E-state index in [1.807, 2.05) is 6.92 Å². The third kappa shape index (κ3) is 3.22. The van der Waals surface area contributed by atoms with Crippen LogP contribution < -0.4 is 5.32 Å². The van der Waals surface area contributed by atoms with Gasteiger partial charge in [-0.25, -0.2) is 4.79 Å². The van der Waals surface area contributed by atoms with Crippen molar-refractivity contribution in [1.82, 2.24) is 14.7 Å². The first kappa shape index (κ1) is 16.4. The molecule has 1 aromatic carbocycles. The normalized spacial score (nSPS) is 15.3. The van der Waals surface area contributed by atoms with E-state index < -0.39 is 11.7 Å². The molecule has 1 aliphatic rings. The van der Waals surface area contributed by atoms with Crippen molar-refractivity contribution in [3.63, 3.8) is 0 Å². The molecule has 0 aliphatic carbocycles. The first-order valence-electron chi connectivity index (χ1n) is 7.48. The Balaban J connectivity index is 1.61. The summed E-state index contributed by atoms with van der Waals surface area (Å²) in [6.45, 7) is 2.61. The zero-order chi connectivity index (χ0) is 17.5. The van der Waals surface area contributed by atoms with Gasteiger partial charge in [0.05, 0.1) is 11.3 Å². The Morgan fingerprint density at radius 2 is 2.00 bits per heavy atom. The van der Waals surface area contributed by atoms with Gasteiger partial charge in [0, 0.05) is 32.1 Å². The molecule has 2 amide bonds. The minimum atomic E-state index is -4.35. The van der Waals surface area contributed by atoms with Gasteiger partial charge in [0.15, 0.2) is 0 Å². The Bertz CT molecular complexity index is 763. The first-order valence-corrected chi connectivity index (χ1v) is 7.48. The van der Waals surface area contributed by atoms with Crippen molar-refractivity contribution >= 4 is 11.8 Å². The molecule has 0 unspecified atom stereocenters. The van der Waals surface area contributed by atoms with Crippen molar-refractivity contribution in [2.24, 2.45) is 7.05 Å². The number of rotatable bonds is 2. The molecule has 1 saturated heterocycles. The Morgan fingerprint density at radius 3 is 2.58 bits per heavy atom. The molecule has 0 atom stereocenters. The van der Waals surface area contributed by atoms with Crippen LogP contribution in [-0.4, -0.2) is 33.8 Å². The van der Waals surface area contributed by atoms with Crippen LogP contribution in [0.4, 0.5) is 23.8 Å². The molecular formula is C16H17F3N4O. The van der Waals surface area contributed by atoms with Gasteiger partial charge in [-0.15, -0.1) is 0 Å². The fourth-order valence-corrected chi connectivity index (χ4v) is 2.74. The van der Waals surface area contributed by atoms with Crippen molar-refractivity contribution in [2.45, 2.75) is 19.0 Å². The number of benzene rings is 1. The van der Waals surface area contributed by atoms with Crippen LogP contribution in [0, 0.1) is 6.92 Å². The zero-order valence-corrected chi connectivity index (χ0v) is 13.3. The maximum atomic E-state index is 12.8. The van der Waals surface area contributed by atoms with Crippen molar-refractivity contribution in [1.29, 1.82) is 0 Å². The summed E-state index contributed by atoms with van der Waals surface area (Å²) in [5, 5.41) is 6.89. The number of likely N-dealkylation sites (tertiary alicyclic amines) is 1.